The van der Waals surface area contributed by atoms with Gasteiger partial charge >= 0.3 is 5.97 Å². The molecule has 148 valence electrons. The molecular formula is C21H29NO5. The van der Waals surface area contributed by atoms with Crippen molar-refractivity contribution in [2.75, 3.05) is 26.8 Å². The van der Waals surface area contributed by atoms with Crippen LogP contribution in [0.1, 0.15) is 48.5 Å². The smallest absolute Gasteiger partial charge is 0.310 e. The third-order valence-corrected chi connectivity index (χ3v) is 4.84. The lowest BCUT2D eigenvalue weighted by atomic mass is 10.0. The molecule has 2 atom stereocenters. The lowest BCUT2D eigenvalue weighted by Gasteiger charge is -2.27. The van der Waals surface area contributed by atoms with E-state index in [-0.39, 0.29) is 43.2 Å². The molecule has 1 fully saturated rings. The molecule has 1 amide bonds. The fourth-order valence-electron chi connectivity index (χ4n) is 3.18. The van der Waals surface area contributed by atoms with Crippen molar-refractivity contribution >= 4 is 17.7 Å². The van der Waals surface area contributed by atoms with Gasteiger partial charge in [0.15, 0.2) is 5.78 Å². The van der Waals surface area contributed by atoms with Crippen molar-refractivity contribution < 1.29 is 23.9 Å². The molecule has 0 saturated carbocycles. The van der Waals surface area contributed by atoms with Crippen molar-refractivity contribution in [1.29, 1.82) is 0 Å². The Balaban J connectivity index is 1.95. The molecule has 0 aromatic heterocycles. The second-order valence-electron chi connectivity index (χ2n) is 7.15. The Morgan fingerprint density at radius 2 is 1.93 bits per heavy atom. The molecule has 1 aliphatic heterocycles. The van der Waals surface area contributed by atoms with Gasteiger partial charge in [0.2, 0.25) is 5.91 Å². The van der Waals surface area contributed by atoms with Crippen LogP contribution in [0.15, 0.2) is 24.3 Å². The average molecular weight is 375 g/mol. The minimum Gasteiger partial charge on any atom is -0.469 e. The average Bonchev–Trinajstić information content (AvgIpc) is 3.18. The van der Waals surface area contributed by atoms with E-state index in [0.717, 1.165) is 18.4 Å². The van der Waals surface area contributed by atoms with Gasteiger partial charge in [-0.25, -0.2) is 0 Å². The largest absolute Gasteiger partial charge is 0.469 e. The van der Waals surface area contributed by atoms with Crippen molar-refractivity contribution in [3.8, 4) is 0 Å². The summed E-state index contributed by atoms with van der Waals surface area (Å²) in [6.07, 6.45) is 2.14. The van der Waals surface area contributed by atoms with E-state index >= 15 is 0 Å². The Morgan fingerprint density at radius 3 is 2.52 bits per heavy atom. The molecule has 0 bridgehead atoms. The third kappa shape index (κ3) is 6.47. The molecule has 0 spiro atoms. The second-order valence-corrected chi connectivity index (χ2v) is 7.15. The minimum atomic E-state index is -0.423. The van der Waals surface area contributed by atoms with Crippen molar-refractivity contribution in [1.82, 2.24) is 4.90 Å². The first-order valence-corrected chi connectivity index (χ1v) is 9.47. The molecule has 1 heterocycles. The Bertz CT molecular complexity index is 649. The van der Waals surface area contributed by atoms with Gasteiger partial charge in [0.1, 0.15) is 0 Å². The fourth-order valence-corrected chi connectivity index (χ4v) is 3.18. The normalized spacial score (nSPS) is 17.4. The molecule has 6 heteroatoms. The van der Waals surface area contributed by atoms with E-state index in [1.54, 1.807) is 24.0 Å². The predicted molar refractivity (Wildman–Crippen MR) is 101 cm³/mol. The highest BCUT2D eigenvalue weighted by Gasteiger charge is 2.26. The zero-order chi connectivity index (χ0) is 19.8. The molecule has 27 heavy (non-hydrogen) atoms. The molecule has 1 aliphatic rings. The number of methoxy groups -OCH3 is 1. The summed E-state index contributed by atoms with van der Waals surface area (Å²) in [7, 11) is 1.34. The van der Waals surface area contributed by atoms with Crippen LogP contribution in [0.25, 0.3) is 0 Å². The highest BCUT2D eigenvalue weighted by molar-refractivity contribution is 5.98. The minimum absolute atomic E-state index is 0.00778. The zero-order valence-electron chi connectivity index (χ0n) is 16.4. The molecule has 2 unspecified atom stereocenters. The summed E-state index contributed by atoms with van der Waals surface area (Å²) in [5.41, 5.74) is 1.70. The summed E-state index contributed by atoms with van der Waals surface area (Å²) in [4.78, 5) is 38.4. The Labute approximate surface area is 160 Å². The number of hydrogen-bond donors (Lipinski definition) is 0. The summed E-state index contributed by atoms with van der Waals surface area (Å²) in [5.74, 6) is -0.966. The van der Waals surface area contributed by atoms with E-state index in [2.05, 4.69) is 0 Å². The van der Waals surface area contributed by atoms with Gasteiger partial charge in [0.25, 0.3) is 0 Å². The van der Waals surface area contributed by atoms with E-state index in [9.17, 15) is 14.4 Å². The number of benzene rings is 1. The van der Waals surface area contributed by atoms with Gasteiger partial charge in [-0.15, -0.1) is 0 Å². The van der Waals surface area contributed by atoms with Gasteiger partial charge in [-0.05, 0) is 19.8 Å². The second kappa shape index (κ2) is 10.2. The van der Waals surface area contributed by atoms with E-state index in [4.69, 9.17) is 9.47 Å². The lowest BCUT2D eigenvalue weighted by molar-refractivity contribution is -0.146. The maximum absolute atomic E-state index is 12.7. The molecule has 2 rings (SSSR count). The van der Waals surface area contributed by atoms with E-state index in [1.807, 2.05) is 19.1 Å². The van der Waals surface area contributed by atoms with Crippen molar-refractivity contribution in [2.24, 2.45) is 5.92 Å². The van der Waals surface area contributed by atoms with Gasteiger partial charge < -0.3 is 14.4 Å². The number of carbonyl (C=O) groups excluding carboxylic acids is 3. The predicted octanol–water partition coefficient (Wildman–Crippen LogP) is 2.77. The molecule has 1 aromatic carbocycles. The summed E-state index contributed by atoms with van der Waals surface area (Å²) >= 11 is 0. The topological polar surface area (TPSA) is 72.9 Å². The number of hydrogen-bond acceptors (Lipinski definition) is 5. The molecule has 0 aliphatic carbocycles. The van der Waals surface area contributed by atoms with Crippen LogP contribution in [0.5, 0.6) is 0 Å². The highest BCUT2D eigenvalue weighted by Crippen LogP contribution is 2.16. The van der Waals surface area contributed by atoms with Crippen LogP contribution in [0.3, 0.4) is 0 Å². The molecule has 0 radical (unpaired) electrons. The summed E-state index contributed by atoms with van der Waals surface area (Å²) in [6.45, 7) is 5.11. The zero-order valence-corrected chi connectivity index (χ0v) is 16.4. The van der Waals surface area contributed by atoms with Crippen LogP contribution < -0.4 is 0 Å². The van der Waals surface area contributed by atoms with Crippen molar-refractivity contribution in [2.45, 2.75) is 45.6 Å². The summed E-state index contributed by atoms with van der Waals surface area (Å²) in [5, 5.41) is 0. The van der Waals surface area contributed by atoms with Crippen LogP contribution in [-0.4, -0.2) is 55.5 Å². The Hall–Kier alpha value is -2.21. The lowest BCUT2D eigenvalue weighted by Crippen LogP contribution is -2.41. The maximum Gasteiger partial charge on any atom is 0.310 e. The van der Waals surface area contributed by atoms with E-state index < -0.39 is 5.92 Å². The van der Waals surface area contributed by atoms with Crippen LogP contribution in [0.4, 0.5) is 0 Å². The molecule has 6 nitrogen and oxygen atoms in total. The van der Waals surface area contributed by atoms with E-state index in [1.165, 1.54) is 7.11 Å². The third-order valence-electron chi connectivity index (χ3n) is 4.84. The van der Waals surface area contributed by atoms with Gasteiger partial charge in [-0.2, -0.15) is 0 Å². The van der Waals surface area contributed by atoms with Gasteiger partial charge in [-0.1, -0.05) is 36.8 Å². The first-order valence-electron chi connectivity index (χ1n) is 9.47. The number of Topliss-reactive ketones (excluding diaryl/α,β-unsaturated/α-hetero) is 1. The van der Waals surface area contributed by atoms with Gasteiger partial charge in [0, 0.05) is 38.1 Å². The van der Waals surface area contributed by atoms with Crippen LogP contribution >= 0.6 is 0 Å². The van der Waals surface area contributed by atoms with Crippen LogP contribution in [0, 0.1) is 12.8 Å². The first kappa shape index (κ1) is 21.1. The number of aryl methyl sites for hydroxylation is 1. The van der Waals surface area contributed by atoms with Crippen molar-refractivity contribution in [3.63, 3.8) is 0 Å². The SMILES string of the molecule is COC(=O)C(C)CN(CC1CCCO1)C(=O)CCC(=O)c1ccc(C)cc1. The summed E-state index contributed by atoms with van der Waals surface area (Å²) in [6, 6.07) is 7.34. The molecule has 1 saturated heterocycles. The van der Waals surface area contributed by atoms with Crippen LogP contribution in [-0.2, 0) is 19.1 Å². The first-order chi connectivity index (χ1) is 12.9. The Morgan fingerprint density at radius 1 is 1.22 bits per heavy atom. The number of esters is 1. The fraction of sp³-hybridized carbons (Fsp3) is 0.571. The molecule has 0 N–H and O–H groups in total. The van der Waals surface area contributed by atoms with E-state index in [0.29, 0.717) is 18.7 Å². The standard InChI is InChI=1S/C21H29NO5/c1-15-6-8-17(9-7-15)19(23)10-11-20(24)22(13-16(2)21(25)26-3)14-18-5-4-12-27-18/h6-9,16,18H,4-5,10-14H2,1-3H3. The number of carbonyl (C=O) groups is 3. The molecule has 1 aromatic rings. The monoisotopic (exact) mass is 375 g/mol. The Kier molecular flexibility index (Phi) is 7.98. The number of ketones is 1. The number of rotatable bonds is 9. The van der Waals surface area contributed by atoms with Crippen molar-refractivity contribution in [3.05, 3.63) is 35.4 Å². The van der Waals surface area contributed by atoms with Gasteiger partial charge in [0.05, 0.1) is 19.1 Å². The maximum atomic E-state index is 12.7. The number of nitrogens with zero attached hydrogens (tertiary/aromatic N) is 1. The number of amides is 1. The summed E-state index contributed by atoms with van der Waals surface area (Å²) < 4.78 is 10.4. The molecular weight excluding hydrogens is 346 g/mol. The quantitative estimate of drug-likeness (QED) is 0.490. The van der Waals surface area contributed by atoms with Gasteiger partial charge in [-0.3, -0.25) is 14.4 Å². The number of ether oxygens (including phenoxy) is 2. The van der Waals surface area contributed by atoms with Crippen LogP contribution in [0.2, 0.25) is 0 Å². The highest BCUT2D eigenvalue weighted by atomic mass is 16.5.